The van der Waals surface area contributed by atoms with Gasteiger partial charge < -0.3 is 15.8 Å². The van der Waals surface area contributed by atoms with E-state index < -0.39 is 12.2 Å². The number of hydrogen-bond acceptors (Lipinski definition) is 3. The Morgan fingerprint density at radius 3 is 2.70 bits per heavy atom. The Kier molecular flexibility index (Phi) is 5.88. The van der Waals surface area contributed by atoms with E-state index in [1.807, 2.05) is 6.92 Å². The van der Waals surface area contributed by atoms with Crippen LogP contribution in [0.4, 0.5) is 8.78 Å². The molecular formula is C14H20F2N2O2. The van der Waals surface area contributed by atoms with Gasteiger partial charge in [0.25, 0.3) is 0 Å². The number of carbonyl (C=O) groups excluding carboxylic acids is 1. The van der Waals surface area contributed by atoms with E-state index in [4.69, 9.17) is 5.73 Å². The third-order valence-corrected chi connectivity index (χ3v) is 2.92. The van der Waals surface area contributed by atoms with E-state index in [0.29, 0.717) is 12.0 Å². The number of amides is 1. The average Bonchev–Trinajstić information content (AvgIpc) is 2.36. The van der Waals surface area contributed by atoms with E-state index in [1.165, 1.54) is 6.07 Å². The first kappa shape index (κ1) is 16.4. The Hall–Kier alpha value is -1.69. The second kappa shape index (κ2) is 7.19. The highest BCUT2D eigenvalue weighted by atomic mass is 19.3. The lowest BCUT2D eigenvalue weighted by molar-refractivity contribution is -0.126. The van der Waals surface area contributed by atoms with Crippen LogP contribution in [0.25, 0.3) is 0 Å². The second-order valence-electron chi connectivity index (χ2n) is 4.84. The summed E-state index contributed by atoms with van der Waals surface area (Å²) in [6.45, 7) is 0.780. The van der Waals surface area contributed by atoms with E-state index >= 15 is 0 Å². The van der Waals surface area contributed by atoms with Gasteiger partial charge in [0.1, 0.15) is 5.75 Å². The van der Waals surface area contributed by atoms with Crippen molar-refractivity contribution in [2.75, 3.05) is 0 Å². The zero-order chi connectivity index (χ0) is 15.2. The molecule has 1 aromatic carbocycles. The fourth-order valence-electron chi connectivity index (χ4n) is 1.87. The maximum absolute atomic E-state index is 12.3. The van der Waals surface area contributed by atoms with Crippen molar-refractivity contribution in [3.63, 3.8) is 0 Å². The smallest absolute Gasteiger partial charge is 0.387 e. The van der Waals surface area contributed by atoms with Crippen molar-refractivity contribution >= 4 is 5.91 Å². The first-order valence-corrected chi connectivity index (χ1v) is 6.46. The van der Waals surface area contributed by atoms with Crippen molar-refractivity contribution in [1.82, 2.24) is 5.32 Å². The van der Waals surface area contributed by atoms with Crippen LogP contribution in [0.15, 0.2) is 24.3 Å². The summed E-state index contributed by atoms with van der Waals surface area (Å²) in [6.07, 6.45) is 1.33. The number of rotatable bonds is 7. The molecule has 1 aromatic rings. The van der Waals surface area contributed by atoms with Crippen molar-refractivity contribution < 1.29 is 18.3 Å². The predicted octanol–water partition coefficient (Wildman–Crippen LogP) is 2.42. The Balaban J connectivity index is 2.68. The van der Waals surface area contributed by atoms with E-state index in [-0.39, 0.29) is 18.2 Å². The Morgan fingerprint density at radius 2 is 2.10 bits per heavy atom. The summed E-state index contributed by atoms with van der Waals surface area (Å²) in [7, 11) is 0. The van der Waals surface area contributed by atoms with Crippen molar-refractivity contribution in [1.29, 1.82) is 0 Å². The van der Waals surface area contributed by atoms with Crippen LogP contribution in [0, 0.1) is 0 Å². The molecule has 0 heterocycles. The number of alkyl halides is 2. The molecule has 0 aliphatic rings. The molecule has 0 fully saturated rings. The van der Waals surface area contributed by atoms with Gasteiger partial charge in [0.15, 0.2) is 0 Å². The van der Waals surface area contributed by atoms with Crippen LogP contribution in [0.2, 0.25) is 0 Å². The normalized spacial score (nSPS) is 13.9. The number of benzene rings is 1. The standard InChI is InChI=1S/C14H20F2N2O2/c1-3-8-14(2,17)12(19)18-9-10-6-4-5-7-11(10)20-13(15)16/h4-7,13H,3,8-9,17H2,1-2H3,(H,18,19). The minimum atomic E-state index is -2.90. The topological polar surface area (TPSA) is 64.4 Å². The summed E-state index contributed by atoms with van der Waals surface area (Å²) >= 11 is 0. The van der Waals surface area contributed by atoms with Crippen molar-refractivity contribution in [3.8, 4) is 5.75 Å². The molecule has 20 heavy (non-hydrogen) atoms. The molecule has 3 N–H and O–H groups in total. The molecule has 0 aliphatic carbocycles. The number of halogens is 2. The van der Waals surface area contributed by atoms with Crippen molar-refractivity contribution in [2.24, 2.45) is 5.73 Å². The molecule has 6 heteroatoms. The summed E-state index contributed by atoms with van der Waals surface area (Å²) in [6, 6.07) is 6.33. The molecule has 0 saturated heterocycles. The van der Waals surface area contributed by atoms with Gasteiger partial charge in [-0.15, -0.1) is 0 Å². The highest BCUT2D eigenvalue weighted by Crippen LogP contribution is 2.20. The van der Waals surface area contributed by atoms with E-state index in [0.717, 1.165) is 6.42 Å². The first-order chi connectivity index (χ1) is 9.36. The van der Waals surface area contributed by atoms with Gasteiger partial charge in [-0.05, 0) is 19.4 Å². The molecule has 0 bridgehead atoms. The lowest BCUT2D eigenvalue weighted by Crippen LogP contribution is -2.51. The van der Waals surface area contributed by atoms with E-state index in [1.54, 1.807) is 25.1 Å². The fraction of sp³-hybridized carbons (Fsp3) is 0.500. The summed E-state index contributed by atoms with van der Waals surface area (Å²) in [5, 5.41) is 2.65. The quantitative estimate of drug-likeness (QED) is 0.809. The zero-order valence-corrected chi connectivity index (χ0v) is 11.7. The summed E-state index contributed by atoms with van der Waals surface area (Å²) in [5.74, 6) is -0.261. The predicted molar refractivity (Wildman–Crippen MR) is 72.4 cm³/mol. The highest BCUT2D eigenvalue weighted by molar-refractivity contribution is 5.85. The summed E-state index contributed by atoms with van der Waals surface area (Å²) in [4.78, 5) is 11.9. The number of hydrogen-bond donors (Lipinski definition) is 2. The summed E-state index contributed by atoms with van der Waals surface area (Å²) < 4.78 is 28.9. The Bertz CT molecular complexity index is 451. The van der Waals surface area contributed by atoms with Gasteiger partial charge in [0.2, 0.25) is 5.91 Å². The van der Waals surface area contributed by atoms with Crippen LogP contribution >= 0.6 is 0 Å². The maximum Gasteiger partial charge on any atom is 0.387 e. The van der Waals surface area contributed by atoms with Crippen LogP contribution in [0.5, 0.6) is 5.75 Å². The number of para-hydroxylation sites is 1. The first-order valence-electron chi connectivity index (χ1n) is 6.46. The number of ether oxygens (including phenoxy) is 1. The SMILES string of the molecule is CCCC(C)(N)C(=O)NCc1ccccc1OC(F)F. The zero-order valence-electron chi connectivity index (χ0n) is 11.7. The second-order valence-corrected chi connectivity index (χ2v) is 4.84. The molecular weight excluding hydrogens is 266 g/mol. The third kappa shape index (κ3) is 4.77. The average molecular weight is 286 g/mol. The lowest BCUT2D eigenvalue weighted by Gasteiger charge is -2.23. The van der Waals surface area contributed by atoms with Gasteiger partial charge in [-0.2, -0.15) is 8.78 Å². The molecule has 0 saturated carbocycles. The Labute approximate surface area is 117 Å². The lowest BCUT2D eigenvalue weighted by atomic mass is 9.96. The number of nitrogens with two attached hydrogens (primary N) is 1. The van der Waals surface area contributed by atoms with Crippen LogP contribution in [-0.2, 0) is 11.3 Å². The molecule has 0 aromatic heterocycles. The monoisotopic (exact) mass is 286 g/mol. The van der Waals surface area contributed by atoms with Gasteiger partial charge >= 0.3 is 6.61 Å². The molecule has 112 valence electrons. The van der Waals surface area contributed by atoms with E-state index in [2.05, 4.69) is 10.1 Å². The molecule has 1 rings (SSSR count). The van der Waals surface area contributed by atoms with E-state index in [9.17, 15) is 13.6 Å². The summed E-state index contributed by atoms with van der Waals surface area (Å²) in [5.41, 5.74) is 5.41. The maximum atomic E-state index is 12.3. The number of nitrogens with one attached hydrogen (secondary N) is 1. The molecule has 4 nitrogen and oxygen atoms in total. The van der Waals surface area contributed by atoms with Gasteiger partial charge in [0, 0.05) is 12.1 Å². The number of carbonyl (C=O) groups is 1. The Morgan fingerprint density at radius 1 is 1.45 bits per heavy atom. The molecule has 0 radical (unpaired) electrons. The fourth-order valence-corrected chi connectivity index (χ4v) is 1.87. The van der Waals surface area contributed by atoms with Gasteiger partial charge in [-0.3, -0.25) is 4.79 Å². The minimum Gasteiger partial charge on any atom is -0.434 e. The molecule has 1 atom stereocenters. The van der Waals surface area contributed by atoms with Crippen LogP contribution in [-0.4, -0.2) is 18.1 Å². The largest absolute Gasteiger partial charge is 0.434 e. The van der Waals surface area contributed by atoms with Gasteiger partial charge in [0.05, 0.1) is 5.54 Å². The molecule has 0 spiro atoms. The van der Waals surface area contributed by atoms with Crippen molar-refractivity contribution in [2.45, 2.75) is 45.4 Å². The van der Waals surface area contributed by atoms with Gasteiger partial charge in [-0.25, -0.2) is 0 Å². The van der Waals surface area contributed by atoms with Crippen LogP contribution in [0.1, 0.15) is 32.3 Å². The van der Waals surface area contributed by atoms with Gasteiger partial charge in [-0.1, -0.05) is 31.5 Å². The minimum absolute atomic E-state index is 0.0528. The third-order valence-electron chi connectivity index (χ3n) is 2.92. The highest BCUT2D eigenvalue weighted by Gasteiger charge is 2.26. The molecule has 0 aliphatic heterocycles. The molecule has 1 unspecified atom stereocenters. The van der Waals surface area contributed by atoms with Crippen LogP contribution < -0.4 is 15.8 Å². The van der Waals surface area contributed by atoms with Crippen molar-refractivity contribution in [3.05, 3.63) is 29.8 Å². The molecule has 1 amide bonds. The van der Waals surface area contributed by atoms with Crippen LogP contribution in [0.3, 0.4) is 0 Å².